The normalized spacial score (nSPS) is 16.1. The highest BCUT2D eigenvalue weighted by Crippen LogP contribution is 2.14. The van der Waals surface area contributed by atoms with E-state index in [1.54, 1.807) is 7.11 Å². The molecule has 0 unspecified atom stereocenters. The summed E-state index contributed by atoms with van der Waals surface area (Å²) in [5.74, 6) is 1.02. The van der Waals surface area contributed by atoms with Gasteiger partial charge in [0, 0.05) is 58.4 Å². The molecule has 0 radical (unpaired) electrons. The average Bonchev–Trinajstić information content (AvgIpc) is 2.67. The summed E-state index contributed by atoms with van der Waals surface area (Å²) in [4.78, 5) is 11.5. The van der Waals surface area contributed by atoms with Gasteiger partial charge in [-0.15, -0.1) is 0 Å². The van der Waals surface area contributed by atoms with Crippen LogP contribution in [0.15, 0.2) is 23.3 Å². The lowest BCUT2D eigenvalue weighted by molar-refractivity contribution is 0.00991. The topological polar surface area (TPSA) is 59.0 Å². The maximum absolute atomic E-state index is 5.95. The van der Waals surface area contributed by atoms with E-state index < -0.39 is 0 Å². The van der Waals surface area contributed by atoms with Crippen molar-refractivity contribution in [2.75, 3.05) is 46.5 Å². The van der Waals surface area contributed by atoms with Crippen molar-refractivity contribution in [1.82, 2.24) is 15.2 Å². The summed E-state index contributed by atoms with van der Waals surface area (Å²) in [6, 6.07) is 4.19. The highest BCUT2D eigenvalue weighted by Gasteiger charge is 2.21. The molecule has 1 aliphatic heterocycles. The standard InChI is InChI=1S/C20H34N4O2/c1-4-21-20(22-11-8-18-7-6-17(2)23-16-18)24-12-9-19(10-13-24)26-15-5-14-25-3/h6-7,16,19H,4-5,8-15H2,1-3H3,(H,21,22). The number of likely N-dealkylation sites (tertiary alicyclic amines) is 1. The second-order valence-corrected chi connectivity index (χ2v) is 6.70. The maximum atomic E-state index is 5.95. The van der Waals surface area contributed by atoms with E-state index >= 15 is 0 Å². The quantitative estimate of drug-likeness (QED) is 0.415. The molecule has 2 rings (SSSR count). The summed E-state index contributed by atoms with van der Waals surface area (Å²) in [6.07, 6.45) is 6.31. The molecule has 1 aliphatic rings. The minimum Gasteiger partial charge on any atom is -0.385 e. The van der Waals surface area contributed by atoms with Crippen molar-refractivity contribution in [3.8, 4) is 0 Å². The zero-order valence-corrected chi connectivity index (χ0v) is 16.5. The number of ether oxygens (including phenoxy) is 2. The zero-order chi connectivity index (χ0) is 18.6. The van der Waals surface area contributed by atoms with Gasteiger partial charge in [0.15, 0.2) is 5.96 Å². The minimum atomic E-state index is 0.365. The number of methoxy groups -OCH3 is 1. The maximum Gasteiger partial charge on any atom is 0.193 e. The predicted octanol–water partition coefficient (Wildman–Crippen LogP) is 2.42. The number of aliphatic imine (C=N–C) groups is 1. The number of piperidine rings is 1. The second kappa shape index (κ2) is 11.9. The number of aryl methyl sites for hydroxylation is 1. The molecule has 1 fully saturated rings. The Morgan fingerprint density at radius 1 is 1.31 bits per heavy atom. The average molecular weight is 363 g/mol. The summed E-state index contributed by atoms with van der Waals surface area (Å²) >= 11 is 0. The van der Waals surface area contributed by atoms with Crippen molar-refractivity contribution >= 4 is 5.96 Å². The monoisotopic (exact) mass is 362 g/mol. The predicted molar refractivity (Wildman–Crippen MR) is 106 cm³/mol. The summed E-state index contributed by atoms with van der Waals surface area (Å²) in [5, 5.41) is 3.43. The van der Waals surface area contributed by atoms with Crippen LogP contribution in [0.25, 0.3) is 0 Å². The number of nitrogens with zero attached hydrogens (tertiary/aromatic N) is 3. The Balaban J connectivity index is 1.77. The Kier molecular flexibility index (Phi) is 9.42. The Morgan fingerprint density at radius 3 is 2.77 bits per heavy atom. The second-order valence-electron chi connectivity index (χ2n) is 6.70. The summed E-state index contributed by atoms with van der Waals surface area (Å²) in [7, 11) is 1.73. The van der Waals surface area contributed by atoms with Crippen LogP contribution in [0.1, 0.15) is 37.4 Å². The van der Waals surface area contributed by atoms with Gasteiger partial charge in [0.2, 0.25) is 0 Å². The van der Waals surface area contributed by atoms with Crippen LogP contribution in [-0.4, -0.2) is 68.4 Å². The Hall–Kier alpha value is -1.66. The van der Waals surface area contributed by atoms with Gasteiger partial charge >= 0.3 is 0 Å². The summed E-state index contributed by atoms with van der Waals surface area (Å²) in [5.41, 5.74) is 2.29. The molecule has 1 saturated heterocycles. The number of pyridine rings is 1. The fourth-order valence-corrected chi connectivity index (χ4v) is 3.05. The van der Waals surface area contributed by atoms with Crippen molar-refractivity contribution in [2.45, 2.75) is 45.6 Å². The van der Waals surface area contributed by atoms with E-state index in [1.165, 1.54) is 5.56 Å². The molecule has 6 heteroatoms. The molecule has 146 valence electrons. The Morgan fingerprint density at radius 2 is 2.12 bits per heavy atom. The number of nitrogens with one attached hydrogen (secondary N) is 1. The molecular weight excluding hydrogens is 328 g/mol. The Bertz CT molecular complexity index is 525. The third-order valence-corrected chi connectivity index (χ3v) is 4.56. The van der Waals surface area contributed by atoms with Gasteiger partial charge in [0.05, 0.1) is 6.10 Å². The van der Waals surface area contributed by atoms with E-state index in [0.29, 0.717) is 6.10 Å². The zero-order valence-electron chi connectivity index (χ0n) is 16.5. The highest BCUT2D eigenvalue weighted by molar-refractivity contribution is 5.80. The molecule has 0 saturated carbocycles. The molecule has 0 atom stereocenters. The first kappa shape index (κ1) is 20.6. The lowest BCUT2D eigenvalue weighted by Gasteiger charge is -2.34. The van der Waals surface area contributed by atoms with Crippen LogP contribution >= 0.6 is 0 Å². The van der Waals surface area contributed by atoms with Crippen LogP contribution in [0.4, 0.5) is 0 Å². The molecule has 26 heavy (non-hydrogen) atoms. The van der Waals surface area contributed by atoms with E-state index in [1.807, 2.05) is 13.1 Å². The van der Waals surface area contributed by atoms with Crippen molar-refractivity contribution in [3.05, 3.63) is 29.6 Å². The number of aromatic nitrogens is 1. The van der Waals surface area contributed by atoms with E-state index in [0.717, 1.165) is 76.7 Å². The van der Waals surface area contributed by atoms with Crippen LogP contribution in [0.3, 0.4) is 0 Å². The first-order valence-electron chi connectivity index (χ1n) is 9.78. The van der Waals surface area contributed by atoms with Crippen LogP contribution < -0.4 is 5.32 Å². The van der Waals surface area contributed by atoms with Gasteiger partial charge < -0.3 is 19.7 Å². The molecule has 0 amide bonds. The third-order valence-electron chi connectivity index (χ3n) is 4.56. The van der Waals surface area contributed by atoms with E-state index in [9.17, 15) is 0 Å². The van der Waals surface area contributed by atoms with Crippen molar-refractivity contribution < 1.29 is 9.47 Å². The first-order valence-corrected chi connectivity index (χ1v) is 9.78. The van der Waals surface area contributed by atoms with E-state index in [-0.39, 0.29) is 0 Å². The fourth-order valence-electron chi connectivity index (χ4n) is 3.05. The molecule has 0 aliphatic carbocycles. The van der Waals surface area contributed by atoms with Crippen molar-refractivity contribution in [2.24, 2.45) is 4.99 Å². The number of guanidine groups is 1. The molecule has 1 aromatic heterocycles. The van der Waals surface area contributed by atoms with Crippen LogP contribution in [-0.2, 0) is 15.9 Å². The van der Waals surface area contributed by atoms with E-state index in [2.05, 4.69) is 34.3 Å². The van der Waals surface area contributed by atoms with Gasteiger partial charge in [-0.1, -0.05) is 6.07 Å². The lowest BCUT2D eigenvalue weighted by Crippen LogP contribution is -2.47. The van der Waals surface area contributed by atoms with Crippen molar-refractivity contribution in [3.63, 3.8) is 0 Å². The van der Waals surface area contributed by atoms with Gasteiger partial charge in [0.25, 0.3) is 0 Å². The first-order chi connectivity index (χ1) is 12.7. The minimum absolute atomic E-state index is 0.365. The Labute approximate surface area is 158 Å². The van der Waals surface area contributed by atoms with Gasteiger partial charge in [-0.25, -0.2) is 0 Å². The number of hydrogen-bond acceptors (Lipinski definition) is 4. The largest absolute Gasteiger partial charge is 0.385 e. The summed E-state index contributed by atoms with van der Waals surface area (Å²) in [6.45, 7) is 9.34. The van der Waals surface area contributed by atoms with E-state index in [4.69, 9.17) is 14.5 Å². The van der Waals surface area contributed by atoms with Gasteiger partial charge in [-0.05, 0) is 51.2 Å². The fraction of sp³-hybridized carbons (Fsp3) is 0.700. The molecule has 0 aromatic carbocycles. The molecule has 1 N–H and O–H groups in total. The van der Waals surface area contributed by atoms with Gasteiger partial charge in [-0.2, -0.15) is 0 Å². The number of rotatable bonds is 9. The number of hydrogen-bond donors (Lipinski definition) is 1. The van der Waals surface area contributed by atoms with Gasteiger partial charge in [0.1, 0.15) is 0 Å². The molecule has 0 bridgehead atoms. The molecule has 1 aromatic rings. The lowest BCUT2D eigenvalue weighted by atomic mass is 10.1. The van der Waals surface area contributed by atoms with Crippen LogP contribution in [0.5, 0.6) is 0 Å². The van der Waals surface area contributed by atoms with Gasteiger partial charge in [-0.3, -0.25) is 9.98 Å². The van der Waals surface area contributed by atoms with Crippen LogP contribution in [0, 0.1) is 6.92 Å². The molecule has 0 spiro atoms. The molecule has 2 heterocycles. The molecule has 6 nitrogen and oxygen atoms in total. The highest BCUT2D eigenvalue weighted by atomic mass is 16.5. The smallest absolute Gasteiger partial charge is 0.193 e. The van der Waals surface area contributed by atoms with Crippen LogP contribution in [0.2, 0.25) is 0 Å². The SMILES string of the molecule is CCNC(=NCCc1ccc(C)nc1)N1CCC(OCCCOC)CC1. The third kappa shape index (κ3) is 7.30. The molecular formula is C20H34N4O2. The summed E-state index contributed by atoms with van der Waals surface area (Å²) < 4.78 is 11.0. The van der Waals surface area contributed by atoms with Crippen molar-refractivity contribution in [1.29, 1.82) is 0 Å².